The van der Waals surface area contributed by atoms with Crippen molar-refractivity contribution in [3.05, 3.63) is 23.3 Å². The number of nitrogens with two attached hydrogens (primary N) is 1. The van der Waals surface area contributed by atoms with E-state index in [-0.39, 0.29) is 22.6 Å². The highest BCUT2D eigenvalue weighted by molar-refractivity contribution is 5.94. The predicted molar refractivity (Wildman–Crippen MR) is 65.4 cm³/mol. The van der Waals surface area contributed by atoms with E-state index in [4.69, 9.17) is 20.3 Å². The van der Waals surface area contributed by atoms with Crippen molar-refractivity contribution in [3.8, 4) is 11.5 Å². The van der Waals surface area contributed by atoms with Crippen molar-refractivity contribution >= 4 is 11.9 Å². The van der Waals surface area contributed by atoms with Crippen LogP contribution in [0.4, 0.5) is 0 Å². The van der Waals surface area contributed by atoms with Crippen molar-refractivity contribution < 1.29 is 28.9 Å². The average molecular weight is 269 g/mol. The lowest BCUT2D eigenvalue weighted by atomic mass is 10.00. The van der Waals surface area contributed by atoms with Gasteiger partial charge < -0.3 is 25.1 Å². The predicted octanol–water partition coefficient (Wildman–Crippen LogP) is 0.575. The quantitative estimate of drug-likeness (QED) is 0.752. The van der Waals surface area contributed by atoms with Crippen LogP contribution >= 0.6 is 0 Å². The van der Waals surface area contributed by atoms with E-state index in [1.807, 2.05) is 0 Å². The molecule has 104 valence electrons. The number of hydrogen-bond donors (Lipinski definition) is 2. The fourth-order valence-corrected chi connectivity index (χ4v) is 1.57. The van der Waals surface area contributed by atoms with Gasteiger partial charge in [0.15, 0.2) is 11.5 Å². The van der Waals surface area contributed by atoms with Gasteiger partial charge in [0.25, 0.3) is 0 Å². The fraction of sp³-hybridized carbons (Fsp3) is 0.333. The zero-order chi connectivity index (χ0) is 14.6. The molecular weight excluding hydrogens is 254 g/mol. The molecular formula is C12H15NO6. The number of carboxylic acids is 1. The summed E-state index contributed by atoms with van der Waals surface area (Å²) in [5, 5.41) is 8.96. The molecule has 1 atom stereocenters. The van der Waals surface area contributed by atoms with Crippen LogP contribution in [0.25, 0.3) is 0 Å². The van der Waals surface area contributed by atoms with Gasteiger partial charge in [0.05, 0.1) is 26.9 Å². The maximum Gasteiger partial charge on any atom is 0.338 e. The molecule has 0 radical (unpaired) electrons. The molecule has 1 aromatic rings. The number of rotatable bonds is 5. The van der Waals surface area contributed by atoms with Crippen LogP contribution in [0.3, 0.4) is 0 Å². The van der Waals surface area contributed by atoms with Crippen molar-refractivity contribution in [1.82, 2.24) is 0 Å². The zero-order valence-electron chi connectivity index (χ0n) is 10.8. The van der Waals surface area contributed by atoms with Crippen molar-refractivity contribution in [2.24, 2.45) is 5.73 Å². The van der Waals surface area contributed by atoms with Crippen molar-refractivity contribution in [2.45, 2.75) is 6.04 Å². The van der Waals surface area contributed by atoms with Gasteiger partial charge in [-0.05, 0) is 17.7 Å². The maximum atomic E-state index is 11.7. The molecule has 0 saturated carbocycles. The van der Waals surface area contributed by atoms with Gasteiger partial charge in [-0.3, -0.25) is 4.79 Å². The molecule has 0 aliphatic rings. The van der Waals surface area contributed by atoms with Crippen LogP contribution in [0.5, 0.6) is 11.5 Å². The summed E-state index contributed by atoms with van der Waals surface area (Å²) >= 11 is 0. The number of esters is 1. The van der Waals surface area contributed by atoms with Crippen molar-refractivity contribution in [1.29, 1.82) is 0 Å². The Morgan fingerprint density at radius 2 is 1.68 bits per heavy atom. The molecule has 1 aromatic carbocycles. The summed E-state index contributed by atoms with van der Waals surface area (Å²) in [7, 11) is 3.98. The van der Waals surface area contributed by atoms with E-state index < -0.39 is 18.0 Å². The number of ether oxygens (including phenoxy) is 3. The molecule has 0 fully saturated rings. The molecule has 0 unspecified atom stereocenters. The minimum atomic E-state index is -1.37. The first-order valence-electron chi connectivity index (χ1n) is 5.28. The third-order valence-electron chi connectivity index (χ3n) is 2.56. The highest BCUT2D eigenvalue weighted by Crippen LogP contribution is 2.33. The topological polar surface area (TPSA) is 108 Å². The molecule has 0 bridgehead atoms. The molecule has 0 aliphatic heterocycles. The van der Waals surface area contributed by atoms with E-state index >= 15 is 0 Å². The first kappa shape index (κ1) is 14.8. The summed E-state index contributed by atoms with van der Waals surface area (Å²) in [5.74, 6) is -1.41. The summed E-state index contributed by atoms with van der Waals surface area (Å²) in [6.45, 7) is 0. The van der Waals surface area contributed by atoms with E-state index in [0.717, 1.165) is 0 Å². The summed E-state index contributed by atoms with van der Waals surface area (Å²) < 4.78 is 14.7. The van der Waals surface area contributed by atoms with Gasteiger partial charge in [-0.1, -0.05) is 0 Å². The Kier molecular flexibility index (Phi) is 4.71. The number of benzene rings is 1. The molecule has 3 N–H and O–H groups in total. The van der Waals surface area contributed by atoms with Crippen LogP contribution in [-0.4, -0.2) is 38.4 Å². The third-order valence-corrected chi connectivity index (χ3v) is 2.56. The minimum Gasteiger partial charge on any atom is -0.493 e. The van der Waals surface area contributed by atoms with Crippen LogP contribution in [0.15, 0.2) is 12.1 Å². The zero-order valence-corrected chi connectivity index (χ0v) is 10.8. The Morgan fingerprint density at radius 1 is 1.16 bits per heavy atom. The molecule has 19 heavy (non-hydrogen) atoms. The lowest BCUT2D eigenvalue weighted by molar-refractivity contribution is -0.138. The van der Waals surface area contributed by atoms with Gasteiger partial charge in [0.1, 0.15) is 6.04 Å². The van der Waals surface area contributed by atoms with Gasteiger partial charge in [-0.15, -0.1) is 0 Å². The lowest BCUT2D eigenvalue weighted by Crippen LogP contribution is -2.23. The molecule has 0 heterocycles. The molecule has 0 amide bonds. The van der Waals surface area contributed by atoms with Gasteiger partial charge >= 0.3 is 11.9 Å². The highest BCUT2D eigenvalue weighted by atomic mass is 16.5. The van der Waals surface area contributed by atoms with Crippen LogP contribution in [0.1, 0.15) is 22.0 Å². The summed E-state index contributed by atoms with van der Waals surface area (Å²) in [6.07, 6.45) is 0. The molecule has 1 rings (SSSR count). The molecule has 0 aromatic heterocycles. The van der Waals surface area contributed by atoms with Crippen LogP contribution < -0.4 is 15.2 Å². The van der Waals surface area contributed by atoms with Crippen LogP contribution in [0.2, 0.25) is 0 Å². The normalized spacial score (nSPS) is 11.6. The highest BCUT2D eigenvalue weighted by Gasteiger charge is 2.25. The largest absolute Gasteiger partial charge is 0.493 e. The Balaban J connectivity index is 3.48. The van der Waals surface area contributed by atoms with E-state index in [9.17, 15) is 9.59 Å². The van der Waals surface area contributed by atoms with Gasteiger partial charge in [0, 0.05) is 0 Å². The lowest BCUT2D eigenvalue weighted by Gasteiger charge is -2.16. The molecule has 7 nitrogen and oxygen atoms in total. The number of methoxy groups -OCH3 is 3. The molecule has 7 heteroatoms. The number of carbonyl (C=O) groups is 2. The summed E-state index contributed by atoms with van der Waals surface area (Å²) in [4.78, 5) is 22.6. The van der Waals surface area contributed by atoms with E-state index in [2.05, 4.69) is 4.74 Å². The van der Waals surface area contributed by atoms with E-state index in [0.29, 0.717) is 0 Å². The van der Waals surface area contributed by atoms with E-state index in [1.54, 1.807) is 0 Å². The summed E-state index contributed by atoms with van der Waals surface area (Å²) in [6, 6.07) is 1.32. The van der Waals surface area contributed by atoms with Crippen molar-refractivity contribution in [3.63, 3.8) is 0 Å². The average Bonchev–Trinajstić information content (AvgIpc) is 2.43. The second kappa shape index (κ2) is 6.05. The monoisotopic (exact) mass is 269 g/mol. The van der Waals surface area contributed by atoms with Crippen LogP contribution in [-0.2, 0) is 9.53 Å². The van der Waals surface area contributed by atoms with Crippen LogP contribution in [0, 0.1) is 0 Å². The fourth-order valence-electron chi connectivity index (χ4n) is 1.57. The number of hydrogen-bond acceptors (Lipinski definition) is 6. The Hall–Kier alpha value is -2.28. The summed E-state index contributed by atoms with van der Waals surface area (Å²) in [5.41, 5.74) is 5.66. The first-order valence-corrected chi connectivity index (χ1v) is 5.28. The minimum absolute atomic E-state index is 0.0232. The Labute approximate surface area is 109 Å². The third kappa shape index (κ3) is 2.94. The maximum absolute atomic E-state index is 11.7. The Bertz CT molecular complexity index is 499. The second-order valence-electron chi connectivity index (χ2n) is 3.60. The van der Waals surface area contributed by atoms with Gasteiger partial charge in [0.2, 0.25) is 0 Å². The molecule has 0 saturated heterocycles. The molecule has 0 spiro atoms. The van der Waals surface area contributed by atoms with E-state index in [1.165, 1.54) is 33.5 Å². The number of carbonyl (C=O) groups excluding carboxylic acids is 1. The van der Waals surface area contributed by atoms with Gasteiger partial charge in [-0.2, -0.15) is 0 Å². The number of carboxylic acid groups (broad SMARTS) is 1. The second-order valence-corrected chi connectivity index (χ2v) is 3.60. The van der Waals surface area contributed by atoms with Gasteiger partial charge in [-0.25, -0.2) is 4.79 Å². The number of aliphatic carboxylic acids is 1. The Morgan fingerprint density at radius 3 is 2.11 bits per heavy atom. The smallest absolute Gasteiger partial charge is 0.338 e. The SMILES string of the molecule is COC(=O)c1cc(OC)c(OC)cc1[C@H](N)C(=O)O. The standard InChI is InChI=1S/C12H15NO6/c1-17-8-4-6(10(13)11(14)15)7(12(16)19-3)5-9(8)18-2/h4-5,10H,13H2,1-3H3,(H,14,15)/t10-/m0/s1. The first-order chi connectivity index (χ1) is 8.96. The van der Waals surface area contributed by atoms with Crippen molar-refractivity contribution in [2.75, 3.05) is 21.3 Å². The molecule has 0 aliphatic carbocycles.